The van der Waals surface area contributed by atoms with Gasteiger partial charge in [-0.1, -0.05) is 0 Å². The molecule has 0 saturated heterocycles. The van der Waals surface area contributed by atoms with Gasteiger partial charge in [-0.15, -0.1) is 0 Å². The Hall–Kier alpha value is 2.41. The molecule has 0 fully saturated rings. The Morgan fingerprint density at radius 2 is 0.600 bits per heavy atom. The molecule has 0 amide bonds. The summed E-state index contributed by atoms with van der Waals surface area (Å²) in [6.45, 7) is 0. The molecule has 0 rings (SSSR count). The fraction of sp³-hybridized carbons (Fsp3) is 0. The van der Waals surface area contributed by atoms with Gasteiger partial charge in [-0.3, -0.25) is 0 Å². The molecule has 0 aliphatic heterocycles. The molecule has 0 aromatic carbocycles. The van der Waals surface area contributed by atoms with Crippen LogP contribution in [0.5, 0.6) is 0 Å². The van der Waals surface area contributed by atoms with E-state index in [0.29, 0.717) is 0 Å². The number of rotatable bonds is 0. The van der Waals surface area contributed by atoms with E-state index in [4.69, 9.17) is 0 Å². The second-order valence-corrected chi connectivity index (χ2v) is 0. The minimum atomic E-state index is 0. The second kappa shape index (κ2) is 32.3. The van der Waals surface area contributed by atoms with Crippen molar-refractivity contribution < 1.29 is 54.8 Å². The summed E-state index contributed by atoms with van der Waals surface area (Å²) < 4.78 is 0. The molecular weight excluding hydrogens is 133 g/mol. The maximum Gasteiger partial charge on any atom is 2.00 e. The first-order chi connectivity index (χ1) is 0. The van der Waals surface area contributed by atoms with Gasteiger partial charge in [0.05, 0.1) is 0 Å². The zero-order chi connectivity index (χ0) is 0. The van der Waals surface area contributed by atoms with E-state index in [1.54, 1.807) is 0 Å². The molecule has 1 radical (unpaired) electrons. The van der Waals surface area contributed by atoms with Gasteiger partial charge in [-0.25, -0.2) is 0 Å². The molecule has 0 nitrogen and oxygen atoms in total. The second-order valence-electron chi connectivity index (χ2n) is 0. The van der Waals surface area contributed by atoms with Crippen LogP contribution in [-0.2, 0) is 44.1 Å². The summed E-state index contributed by atoms with van der Waals surface area (Å²) in [7, 11) is 0. The first-order valence-electron chi connectivity index (χ1n) is 0. The summed E-state index contributed by atoms with van der Waals surface area (Å²) in [5.74, 6) is 0. The summed E-state index contributed by atoms with van der Waals surface area (Å²) in [5, 5.41) is 0. The molecule has 0 aromatic heterocycles. The van der Waals surface area contributed by atoms with E-state index in [1.807, 2.05) is 0 Å². The molecule has 0 spiro atoms. The minimum Gasteiger partial charge on any atom is -2.00 e. The van der Waals surface area contributed by atoms with E-state index in [2.05, 4.69) is 0 Å². The van der Waals surface area contributed by atoms with E-state index >= 15 is 0 Å². The van der Waals surface area contributed by atoms with Crippen molar-refractivity contribution >= 4 is 27.0 Å². The van der Waals surface area contributed by atoms with Gasteiger partial charge in [0.25, 0.3) is 0 Å². The van der Waals surface area contributed by atoms with Crippen LogP contribution in [0.25, 0.3) is 0 Å². The van der Waals surface area contributed by atoms with Crippen molar-refractivity contribution in [1.29, 1.82) is 0 Å². The minimum absolute atomic E-state index is 0. The molecule has 0 aromatic rings. The van der Waals surface area contributed by atoms with E-state index in [9.17, 15) is 0 Å². The molecule has 0 saturated carbocycles. The van der Waals surface area contributed by atoms with Crippen LogP contribution in [0, 0.1) is 0 Å². The Balaban J connectivity index is 0. The summed E-state index contributed by atoms with van der Waals surface area (Å²) in [4.78, 5) is 0. The third kappa shape index (κ3) is 21.4. The normalized spacial score (nSPS) is 0. The summed E-state index contributed by atoms with van der Waals surface area (Å²) in [5.41, 5.74) is 0. The predicted octanol–water partition coefficient (Wildman–Crippen LogP) is -6.00. The molecule has 0 N–H and O–H groups in total. The summed E-state index contributed by atoms with van der Waals surface area (Å²) in [6.07, 6.45) is 0. The van der Waals surface area contributed by atoms with Crippen molar-refractivity contribution in [3.05, 3.63) is 0 Å². The zero-order valence-corrected chi connectivity index (χ0v) is 6.01. The van der Waals surface area contributed by atoms with E-state index in [0.717, 1.165) is 0 Å². The van der Waals surface area contributed by atoms with Crippen LogP contribution in [0.4, 0.5) is 0 Å². The average molecular weight is 133 g/mol. The number of hydrogen-bond donors (Lipinski definition) is 0. The Labute approximate surface area is 80.9 Å². The molecule has 0 bridgehead atoms. The topological polar surface area (TPSA) is 0 Å². The zero-order valence-electron chi connectivity index (χ0n) is 3.19. The van der Waals surface area contributed by atoms with Crippen LogP contribution in [0.15, 0.2) is 0 Å². The van der Waals surface area contributed by atoms with Gasteiger partial charge < -0.3 is 27.0 Å². The molecule has 0 unspecified atom stereocenters. The van der Waals surface area contributed by atoms with Crippen LogP contribution >= 0.6 is 0 Å². The maximum absolute atomic E-state index is 0. The molecule has 5 heavy (non-hydrogen) atoms. The van der Waals surface area contributed by atoms with Gasteiger partial charge >= 0.3 is 54.8 Å². The summed E-state index contributed by atoms with van der Waals surface area (Å²) in [6, 6.07) is 0. The van der Waals surface area contributed by atoms with Gasteiger partial charge in [0.1, 0.15) is 0 Å². The Kier molecular flexibility index (Phi) is 338. The van der Waals surface area contributed by atoms with Crippen molar-refractivity contribution in [3.63, 3.8) is 0 Å². The average Bonchev–Trinajstić information content (AvgIpc) is 0. The Morgan fingerprint density at radius 1 is 0.600 bits per heavy atom. The maximum atomic E-state index is 0. The first kappa shape index (κ1) is 52.3. The predicted molar refractivity (Wildman–Crippen MR) is 14.7 cm³/mol. The van der Waals surface area contributed by atoms with Gasteiger partial charge in [0.15, 0.2) is 0 Å². The molecule has 0 aliphatic rings. The molecular formula is Li2MnS2. The van der Waals surface area contributed by atoms with Crippen LogP contribution in [-0.4, -0.2) is 0 Å². The molecule has 0 atom stereocenters. The third-order valence-electron chi connectivity index (χ3n) is 0. The van der Waals surface area contributed by atoms with E-state index in [-0.39, 0.29) is 81.8 Å². The van der Waals surface area contributed by atoms with Crippen LogP contribution in [0.2, 0.25) is 0 Å². The van der Waals surface area contributed by atoms with Crippen molar-refractivity contribution in [2.45, 2.75) is 0 Å². The molecule has 21 valence electrons. The quantitative estimate of drug-likeness (QED) is 0.288. The monoisotopic (exact) mass is 133 g/mol. The van der Waals surface area contributed by atoms with Crippen LogP contribution in [0.3, 0.4) is 0 Å². The fourth-order valence-corrected chi connectivity index (χ4v) is 0. The smallest absolute Gasteiger partial charge is 2.00 e. The van der Waals surface area contributed by atoms with Crippen molar-refractivity contribution in [3.8, 4) is 0 Å². The fourth-order valence-electron chi connectivity index (χ4n) is 0. The standard InChI is InChI=1S/2Li.Mn.2S/q2*+1;+2;2*-2. The number of hydrogen-bond acceptors (Lipinski definition) is 0. The Bertz CT molecular complexity index is 7.61. The van der Waals surface area contributed by atoms with Crippen molar-refractivity contribution in [2.75, 3.05) is 0 Å². The van der Waals surface area contributed by atoms with Crippen molar-refractivity contribution in [2.24, 2.45) is 0 Å². The Morgan fingerprint density at radius 3 is 0.600 bits per heavy atom. The van der Waals surface area contributed by atoms with E-state index in [1.165, 1.54) is 0 Å². The first-order valence-corrected chi connectivity index (χ1v) is 0. The van der Waals surface area contributed by atoms with E-state index < -0.39 is 0 Å². The third-order valence-corrected chi connectivity index (χ3v) is 0. The van der Waals surface area contributed by atoms with Crippen LogP contribution in [0.1, 0.15) is 0 Å². The SMILES string of the molecule is [Li+].[Li+].[Mn+2].[S-2].[S-2]. The van der Waals surface area contributed by atoms with Crippen molar-refractivity contribution in [1.82, 2.24) is 0 Å². The molecule has 0 heterocycles. The van der Waals surface area contributed by atoms with Crippen LogP contribution < -0.4 is 37.7 Å². The van der Waals surface area contributed by atoms with Gasteiger partial charge in [0.2, 0.25) is 0 Å². The largest absolute Gasteiger partial charge is 2.00 e. The summed E-state index contributed by atoms with van der Waals surface area (Å²) >= 11 is 0. The van der Waals surface area contributed by atoms with Gasteiger partial charge in [-0.05, 0) is 0 Å². The molecule has 0 aliphatic carbocycles. The van der Waals surface area contributed by atoms with Gasteiger partial charge in [-0.2, -0.15) is 0 Å². The molecule has 5 heteroatoms. The van der Waals surface area contributed by atoms with Gasteiger partial charge in [0, 0.05) is 0 Å².